The molecule has 0 amide bonds. The fourth-order valence-corrected chi connectivity index (χ4v) is 2.27. The molecule has 0 aliphatic heterocycles. The molecule has 1 heterocycles. The largest absolute Gasteiger partial charge is 1.00 e. The van der Waals surface area contributed by atoms with Crippen molar-refractivity contribution in [1.82, 2.24) is 0 Å². The van der Waals surface area contributed by atoms with E-state index in [-0.39, 0.29) is 12.4 Å². The van der Waals surface area contributed by atoms with E-state index in [4.69, 9.17) is 0 Å². The van der Waals surface area contributed by atoms with Gasteiger partial charge >= 0.3 is 5.82 Å². The van der Waals surface area contributed by atoms with Crippen molar-refractivity contribution in [2.75, 3.05) is 5.32 Å². The van der Waals surface area contributed by atoms with Crippen LogP contribution in [0.5, 0.6) is 0 Å². The second-order valence-electron chi connectivity index (χ2n) is 4.71. The summed E-state index contributed by atoms with van der Waals surface area (Å²) in [7, 11) is 0. The molecule has 2 N–H and O–H groups in total. The average molecular weight is 389 g/mol. The van der Waals surface area contributed by atoms with Gasteiger partial charge in [0.1, 0.15) is 0 Å². The summed E-state index contributed by atoms with van der Waals surface area (Å²) in [6.45, 7) is 0. The summed E-state index contributed by atoms with van der Waals surface area (Å²) in [6.07, 6.45) is 1.86. The van der Waals surface area contributed by atoms with Gasteiger partial charge in [-0.2, -0.15) is 0 Å². The molecule has 0 bridgehead atoms. The summed E-state index contributed by atoms with van der Waals surface area (Å²) in [4.78, 5) is 7.81. The van der Waals surface area contributed by atoms with Crippen molar-refractivity contribution in [3.63, 3.8) is 0 Å². The van der Waals surface area contributed by atoms with Crippen molar-refractivity contribution in [3.05, 3.63) is 89.0 Å². The number of rotatable bonds is 3. The standard InChI is InChI=1S/C18H14BrN3.ClH/c19-15-9-11-16(12-10-15)21-18(14-6-2-1-3-7-14)22-17-8-4-5-13-20-17;/h1-13H,(H,20,21,22);1H. The van der Waals surface area contributed by atoms with E-state index in [1.807, 2.05) is 79.0 Å². The highest BCUT2D eigenvalue weighted by molar-refractivity contribution is 9.10. The van der Waals surface area contributed by atoms with E-state index in [1.54, 1.807) is 0 Å². The van der Waals surface area contributed by atoms with Crippen LogP contribution in [0.2, 0.25) is 0 Å². The van der Waals surface area contributed by atoms with E-state index in [0.717, 1.165) is 27.4 Å². The summed E-state index contributed by atoms with van der Waals surface area (Å²) >= 11 is 3.45. The zero-order chi connectivity index (χ0) is 15.2. The lowest BCUT2D eigenvalue weighted by molar-refractivity contribution is -0.362. The number of halogens is 2. The number of pyridine rings is 1. The third-order valence-corrected chi connectivity index (χ3v) is 3.61. The summed E-state index contributed by atoms with van der Waals surface area (Å²) in [5.41, 5.74) is 2.02. The molecule has 0 unspecified atom stereocenters. The Kier molecular flexibility index (Phi) is 6.32. The van der Waals surface area contributed by atoms with E-state index in [0.29, 0.717) is 0 Å². The quantitative estimate of drug-likeness (QED) is 0.535. The molecule has 3 rings (SSSR count). The van der Waals surface area contributed by atoms with E-state index in [9.17, 15) is 0 Å². The highest BCUT2D eigenvalue weighted by Gasteiger charge is 2.11. The van der Waals surface area contributed by atoms with Gasteiger partial charge in [-0.1, -0.05) is 40.2 Å². The number of aromatic nitrogens is 1. The lowest BCUT2D eigenvalue weighted by Gasteiger charge is -2.06. The number of hydrogen-bond acceptors (Lipinski definition) is 1. The van der Waals surface area contributed by atoms with Crippen molar-refractivity contribution in [2.45, 2.75) is 0 Å². The first-order chi connectivity index (χ1) is 10.8. The molecular formula is C18H15BrClN3. The first kappa shape index (κ1) is 17.2. The maximum atomic E-state index is 4.68. The molecule has 116 valence electrons. The number of aliphatic imine (C=N–C) groups is 1. The molecule has 0 aliphatic carbocycles. The number of nitrogens with one attached hydrogen (secondary N) is 2. The number of aromatic amines is 1. The first-order valence-corrected chi connectivity index (χ1v) is 7.74. The Morgan fingerprint density at radius 1 is 0.870 bits per heavy atom. The van der Waals surface area contributed by atoms with Crippen molar-refractivity contribution in [3.8, 4) is 0 Å². The third kappa shape index (κ3) is 4.91. The number of benzene rings is 2. The van der Waals surface area contributed by atoms with Gasteiger partial charge in [-0.25, -0.2) is 4.98 Å². The van der Waals surface area contributed by atoms with Crippen LogP contribution in [-0.2, 0) is 0 Å². The van der Waals surface area contributed by atoms with Crippen molar-refractivity contribution < 1.29 is 17.4 Å². The highest BCUT2D eigenvalue weighted by Crippen LogP contribution is 2.16. The zero-order valence-electron chi connectivity index (χ0n) is 12.2. The average Bonchev–Trinajstić information content (AvgIpc) is 2.58. The summed E-state index contributed by atoms with van der Waals surface area (Å²) in [6, 6.07) is 23.9. The molecule has 0 fully saturated rings. The number of nitrogens with zero attached hydrogens (tertiary/aromatic N) is 1. The molecule has 2 aromatic carbocycles. The van der Waals surface area contributed by atoms with E-state index < -0.39 is 0 Å². The van der Waals surface area contributed by atoms with Gasteiger partial charge in [-0.3, -0.25) is 0 Å². The Balaban J connectivity index is 0.00000192. The lowest BCUT2D eigenvalue weighted by atomic mass is 10.2. The van der Waals surface area contributed by atoms with Gasteiger partial charge < -0.3 is 17.7 Å². The van der Waals surface area contributed by atoms with Crippen LogP contribution >= 0.6 is 15.9 Å². The summed E-state index contributed by atoms with van der Waals surface area (Å²) < 4.78 is 1.05. The van der Waals surface area contributed by atoms with Crippen molar-refractivity contribution in [2.24, 2.45) is 4.99 Å². The third-order valence-electron chi connectivity index (χ3n) is 3.08. The second kappa shape index (κ2) is 8.46. The molecule has 0 aliphatic rings. The molecule has 0 atom stereocenters. The number of amidine groups is 1. The Hall–Kier alpha value is -2.17. The van der Waals surface area contributed by atoms with Crippen LogP contribution in [0.3, 0.4) is 0 Å². The van der Waals surface area contributed by atoms with Crippen LogP contribution in [0, 0.1) is 0 Å². The fraction of sp³-hybridized carbons (Fsp3) is 0. The molecule has 0 spiro atoms. The second-order valence-corrected chi connectivity index (χ2v) is 5.62. The van der Waals surface area contributed by atoms with Crippen LogP contribution < -0.4 is 22.7 Å². The highest BCUT2D eigenvalue weighted by atomic mass is 79.9. The van der Waals surface area contributed by atoms with E-state index >= 15 is 0 Å². The number of H-pyrrole nitrogens is 1. The van der Waals surface area contributed by atoms with Gasteiger partial charge in [0.05, 0.1) is 6.20 Å². The molecule has 0 radical (unpaired) electrons. The van der Waals surface area contributed by atoms with Crippen LogP contribution in [-0.4, -0.2) is 5.84 Å². The Bertz CT molecular complexity index is 759. The number of hydrogen-bond donors (Lipinski definition) is 1. The van der Waals surface area contributed by atoms with Gasteiger partial charge in [-0.05, 0) is 47.5 Å². The lowest BCUT2D eigenvalue weighted by Crippen LogP contribution is -3.00. The minimum Gasteiger partial charge on any atom is -1.00 e. The Morgan fingerprint density at radius 3 is 2.22 bits per heavy atom. The van der Waals surface area contributed by atoms with Crippen LogP contribution in [0.4, 0.5) is 11.5 Å². The van der Waals surface area contributed by atoms with Crippen LogP contribution in [0.1, 0.15) is 5.56 Å². The van der Waals surface area contributed by atoms with Gasteiger partial charge in [0.2, 0.25) is 0 Å². The van der Waals surface area contributed by atoms with Crippen LogP contribution in [0.25, 0.3) is 0 Å². The zero-order valence-corrected chi connectivity index (χ0v) is 14.6. The number of anilines is 1. The van der Waals surface area contributed by atoms with Gasteiger partial charge in [0.25, 0.3) is 5.84 Å². The maximum Gasteiger partial charge on any atom is 0.323 e. The minimum atomic E-state index is 0. The van der Waals surface area contributed by atoms with E-state index in [1.165, 1.54) is 0 Å². The van der Waals surface area contributed by atoms with Crippen molar-refractivity contribution >= 4 is 33.3 Å². The molecule has 23 heavy (non-hydrogen) atoms. The fourth-order valence-electron chi connectivity index (χ4n) is 2.00. The maximum absolute atomic E-state index is 4.68. The summed E-state index contributed by atoms with van der Waals surface area (Å²) in [5.74, 6) is 1.59. The SMILES string of the molecule is Brc1ccc(N/C(=N/c2cccc[nH+]2)c2ccccc2)cc1.[Cl-]. The molecular weight excluding hydrogens is 374 g/mol. The minimum absolute atomic E-state index is 0. The molecule has 3 nitrogen and oxygen atoms in total. The monoisotopic (exact) mass is 387 g/mol. The van der Waals surface area contributed by atoms with Gasteiger partial charge in [0, 0.05) is 21.8 Å². The molecule has 0 saturated carbocycles. The van der Waals surface area contributed by atoms with Crippen LogP contribution in [0.15, 0.2) is 88.5 Å². The first-order valence-electron chi connectivity index (χ1n) is 6.95. The topological polar surface area (TPSA) is 38.5 Å². The molecule has 3 aromatic rings. The van der Waals surface area contributed by atoms with Crippen molar-refractivity contribution in [1.29, 1.82) is 0 Å². The van der Waals surface area contributed by atoms with E-state index in [2.05, 4.69) is 31.2 Å². The normalized spacial score (nSPS) is 10.7. The smallest absolute Gasteiger partial charge is 0.323 e. The molecule has 0 saturated heterocycles. The Morgan fingerprint density at radius 2 is 1.57 bits per heavy atom. The predicted octanol–water partition coefficient (Wildman–Crippen LogP) is 1.46. The van der Waals surface area contributed by atoms with Gasteiger partial charge in [-0.15, -0.1) is 0 Å². The summed E-state index contributed by atoms with van der Waals surface area (Å²) in [5, 5.41) is 3.38. The predicted molar refractivity (Wildman–Crippen MR) is 93.4 cm³/mol. The van der Waals surface area contributed by atoms with Gasteiger partial charge in [0.15, 0.2) is 0 Å². The molecule has 1 aromatic heterocycles. The molecule has 5 heteroatoms. The Labute approximate surface area is 150 Å².